The molecule has 0 aliphatic rings. The largest absolute Gasteiger partial charge is 0.422 e. The lowest BCUT2D eigenvalue weighted by Gasteiger charge is -2.07. The van der Waals surface area contributed by atoms with Crippen LogP contribution in [-0.2, 0) is 0 Å². The van der Waals surface area contributed by atoms with E-state index in [0.29, 0.717) is 28.3 Å². The fourth-order valence-electron chi connectivity index (χ4n) is 1.27. The molecule has 5 nitrogen and oxygen atoms in total. The molecule has 0 amide bonds. The summed E-state index contributed by atoms with van der Waals surface area (Å²) in [7, 11) is 0. The zero-order chi connectivity index (χ0) is 13.8. The van der Waals surface area contributed by atoms with Gasteiger partial charge < -0.3 is 10.1 Å². The van der Waals surface area contributed by atoms with E-state index in [-0.39, 0.29) is 11.3 Å². The highest BCUT2D eigenvalue weighted by Gasteiger charge is 2.09. The topological polar surface area (TPSA) is 59.9 Å². The third-order valence-electron chi connectivity index (χ3n) is 2.02. The summed E-state index contributed by atoms with van der Waals surface area (Å²) in [6, 6.07) is 4.88. The SMILES string of the molecule is CCNc1nc(Cl)nc(Oc2cc(Cl)ccc2Cl)n1. The van der Waals surface area contributed by atoms with Gasteiger partial charge in [0.25, 0.3) is 0 Å². The Morgan fingerprint density at radius 1 is 1.16 bits per heavy atom. The molecule has 1 N–H and O–H groups in total. The van der Waals surface area contributed by atoms with Crippen LogP contribution in [0.3, 0.4) is 0 Å². The van der Waals surface area contributed by atoms with Crippen LogP contribution in [0.1, 0.15) is 6.92 Å². The van der Waals surface area contributed by atoms with E-state index in [1.165, 1.54) is 0 Å². The molecule has 0 bridgehead atoms. The minimum Gasteiger partial charge on any atom is -0.422 e. The number of benzene rings is 1. The van der Waals surface area contributed by atoms with E-state index >= 15 is 0 Å². The van der Waals surface area contributed by atoms with Gasteiger partial charge in [0.15, 0.2) is 5.75 Å². The number of aromatic nitrogens is 3. The van der Waals surface area contributed by atoms with E-state index in [1.807, 2.05) is 6.92 Å². The predicted octanol–water partition coefficient (Wildman–Crippen LogP) is 4.06. The molecule has 0 saturated carbocycles. The average molecular weight is 320 g/mol. The molecule has 0 fully saturated rings. The molecule has 0 atom stereocenters. The summed E-state index contributed by atoms with van der Waals surface area (Å²) in [5, 5.41) is 3.83. The van der Waals surface area contributed by atoms with E-state index in [9.17, 15) is 0 Å². The Balaban J connectivity index is 2.29. The smallest absolute Gasteiger partial charge is 0.328 e. The first-order valence-electron chi connectivity index (χ1n) is 5.37. The molecule has 2 rings (SSSR count). The lowest BCUT2D eigenvalue weighted by Crippen LogP contribution is -2.04. The Kier molecular flexibility index (Phi) is 4.63. The standard InChI is InChI=1S/C11H9Cl3N4O/c1-2-15-10-16-9(14)17-11(18-10)19-8-5-6(12)3-4-7(8)13/h3-5H,2H2,1H3,(H,15,16,17,18). The molecule has 1 heterocycles. The maximum Gasteiger partial charge on any atom is 0.328 e. The second-order valence-corrected chi connectivity index (χ2v) is 4.60. The van der Waals surface area contributed by atoms with Gasteiger partial charge in [0.1, 0.15) is 0 Å². The Bertz CT molecular complexity index is 594. The van der Waals surface area contributed by atoms with Crippen molar-refractivity contribution >= 4 is 40.8 Å². The van der Waals surface area contributed by atoms with Crippen molar-refractivity contribution in [1.29, 1.82) is 0 Å². The summed E-state index contributed by atoms with van der Waals surface area (Å²) in [5.41, 5.74) is 0. The van der Waals surface area contributed by atoms with E-state index < -0.39 is 0 Å². The number of ether oxygens (including phenoxy) is 1. The second kappa shape index (κ2) is 6.23. The van der Waals surface area contributed by atoms with Crippen molar-refractivity contribution in [3.8, 4) is 11.8 Å². The van der Waals surface area contributed by atoms with E-state index in [0.717, 1.165) is 0 Å². The summed E-state index contributed by atoms with van der Waals surface area (Å²) in [6.45, 7) is 2.56. The van der Waals surface area contributed by atoms with Crippen LogP contribution in [0.4, 0.5) is 5.95 Å². The molecule has 0 unspecified atom stereocenters. The second-order valence-electron chi connectivity index (χ2n) is 3.42. The molecular weight excluding hydrogens is 311 g/mol. The van der Waals surface area contributed by atoms with Gasteiger partial charge in [0.2, 0.25) is 11.2 Å². The highest BCUT2D eigenvalue weighted by atomic mass is 35.5. The first-order chi connectivity index (χ1) is 9.08. The quantitative estimate of drug-likeness (QED) is 0.921. The summed E-state index contributed by atoms with van der Waals surface area (Å²) in [6.07, 6.45) is 0. The molecule has 0 saturated heterocycles. The van der Waals surface area contributed by atoms with Crippen LogP contribution in [0.5, 0.6) is 11.8 Å². The van der Waals surface area contributed by atoms with Crippen molar-refractivity contribution in [2.24, 2.45) is 0 Å². The van der Waals surface area contributed by atoms with Crippen molar-refractivity contribution in [2.45, 2.75) is 6.92 Å². The highest BCUT2D eigenvalue weighted by Crippen LogP contribution is 2.30. The Hall–Kier alpha value is -1.30. The van der Waals surface area contributed by atoms with Gasteiger partial charge in [-0.2, -0.15) is 15.0 Å². The van der Waals surface area contributed by atoms with Crippen LogP contribution in [-0.4, -0.2) is 21.5 Å². The molecule has 0 spiro atoms. The first kappa shape index (κ1) is 14.1. The van der Waals surface area contributed by atoms with Gasteiger partial charge in [-0.05, 0) is 30.7 Å². The van der Waals surface area contributed by atoms with Crippen LogP contribution in [0.15, 0.2) is 18.2 Å². The maximum absolute atomic E-state index is 5.98. The first-order valence-corrected chi connectivity index (χ1v) is 6.50. The van der Waals surface area contributed by atoms with Gasteiger partial charge in [-0.15, -0.1) is 0 Å². The molecule has 2 aromatic rings. The molecule has 0 aliphatic carbocycles. The van der Waals surface area contributed by atoms with E-state index in [2.05, 4.69) is 20.3 Å². The number of nitrogens with zero attached hydrogens (tertiary/aromatic N) is 3. The van der Waals surface area contributed by atoms with Crippen molar-refractivity contribution < 1.29 is 4.74 Å². The van der Waals surface area contributed by atoms with Crippen molar-refractivity contribution in [3.63, 3.8) is 0 Å². The normalized spacial score (nSPS) is 10.3. The Morgan fingerprint density at radius 2 is 1.95 bits per heavy atom. The fourth-order valence-corrected chi connectivity index (χ4v) is 1.74. The molecule has 19 heavy (non-hydrogen) atoms. The van der Waals surface area contributed by atoms with Gasteiger partial charge >= 0.3 is 6.01 Å². The minimum atomic E-state index is 0.0269. The van der Waals surface area contributed by atoms with Crippen LogP contribution in [0, 0.1) is 0 Å². The van der Waals surface area contributed by atoms with Crippen LogP contribution >= 0.6 is 34.8 Å². The third-order valence-corrected chi connectivity index (χ3v) is 2.73. The van der Waals surface area contributed by atoms with Gasteiger partial charge in [-0.25, -0.2) is 0 Å². The lowest BCUT2D eigenvalue weighted by atomic mass is 10.3. The zero-order valence-electron chi connectivity index (χ0n) is 9.82. The summed E-state index contributed by atoms with van der Waals surface area (Å²) >= 11 is 17.6. The molecule has 1 aromatic heterocycles. The summed E-state index contributed by atoms with van der Waals surface area (Å²) in [4.78, 5) is 11.8. The zero-order valence-corrected chi connectivity index (χ0v) is 12.1. The lowest BCUT2D eigenvalue weighted by molar-refractivity contribution is 0.440. The minimum absolute atomic E-state index is 0.0269. The fraction of sp³-hybridized carbons (Fsp3) is 0.182. The molecule has 1 aromatic carbocycles. The van der Waals surface area contributed by atoms with Crippen LogP contribution < -0.4 is 10.1 Å². The number of anilines is 1. The van der Waals surface area contributed by atoms with Crippen molar-refractivity contribution in [1.82, 2.24) is 15.0 Å². The van der Waals surface area contributed by atoms with E-state index in [4.69, 9.17) is 39.5 Å². The maximum atomic E-state index is 5.98. The Morgan fingerprint density at radius 3 is 2.68 bits per heavy atom. The van der Waals surface area contributed by atoms with Crippen molar-refractivity contribution in [3.05, 3.63) is 33.5 Å². The molecule has 8 heteroatoms. The highest BCUT2D eigenvalue weighted by molar-refractivity contribution is 6.34. The summed E-state index contributed by atoms with van der Waals surface area (Å²) < 4.78 is 5.45. The van der Waals surface area contributed by atoms with Gasteiger partial charge in [0, 0.05) is 17.6 Å². The molecular formula is C11H9Cl3N4O. The monoisotopic (exact) mass is 318 g/mol. The number of halogens is 3. The predicted molar refractivity (Wildman–Crippen MR) is 75.5 cm³/mol. The number of hydrogen-bond donors (Lipinski definition) is 1. The van der Waals surface area contributed by atoms with Gasteiger partial charge in [0.05, 0.1) is 5.02 Å². The number of hydrogen-bond acceptors (Lipinski definition) is 5. The third kappa shape index (κ3) is 3.83. The molecule has 100 valence electrons. The van der Waals surface area contributed by atoms with Gasteiger partial charge in [-0.1, -0.05) is 23.2 Å². The van der Waals surface area contributed by atoms with Gasteiger partial charge in [-0.3, -0.25) is 0 Å². The molecule has 0 aliphatic heterocycles. The molecule has 0 radical (unpaired) electrons. The van der Waals surface area contributed by atoms with Crippen LogP contribution in [0.2, 0.25) is 15.3 Å². The average Bonchev–Trinajstić information content (AvgIpc) is 2.33. The Labute approximate surface area is 124 Å². The van der Waals surface area contributed by atoms with Crippen molar-refractivity contribution in [2.75, 3.05) is 11.9 Å². The number of nitrogens with one attached hydrogen (secondary N) is 1. The number of rotatable bonds is 4. The summed E-state index contributed by atoms with van der Waals surface area (Å²) in [5.74, 6) is 0.675. The van der Waals surface area contributed by atoms with Crippen LogP contribution in [0.25, 0.3) is 0 Å². The van der Waals surface area contributed by atoms with E-state index in [1.54, 1.807) is 18.2 Å².